The molecule has 1 aromatic heterocycles. The summed E-state index contributed by atoms with van der Waals surface area (Å²) in [6.07, 6.45) is 1.56. The molecule has 0 aliphatic carbocycles. The third-order valence-electron chi connectivity index (χ3n) is 2.53. The largest absolute Gasteiger partial charge is 0.395 e. The first kappa shape index (κ1) is 12.4. The third kappa shape index (κ3) is 2.44. The number of nitrogens with two attached hydrogens (primary N) is 1. The maximum absolute atomic E-state index is 8.90. The third-order valence-corrected chi connectivity index (χ3v) is 3.42. The predicted molar refractivity (Wildman–Crippen MR) is 75.5 cm³/mol. The molecule has 0 aliphatic heterocycles. The van der Waals surface area contributed by atoms with Gasteiger partial charge in [0.2, 0.25) is 0 Å². The first-order valence-electron chi connectivity index (χ1n) is 5.29. The monoisotopic (exact) mass is 302 g/mol. The van der Waals surface area contributed by atoms with Gasteiger partial charge in [-0.2, -0.15) is 5.26 Å². The van der Waals surface area contributed by atoms with Crippen LogP contribution in [0.1, 0.15) is 11.1 Å². The number of aryl methyl sites for hydroxylation is 1. The highest BCUT2D eigenvalue weighted by Crippen LogP contribution is 2.26. The number of nitrogens with zero attached hydrogens (tertiary/aromatic N) is 2. The lowest BCUT2D eigenvalue weighted by atomic mass is 10.2. The van der Waals surface area contributed by atoms with Crippen LogP contribution in [0, 0.1) is 18.3 Å². The van der Waals surface area contributed by atoms with Gasteiger partial charge in [-0.25, -0.2) is 4.98 Å². The van der Waals surface area contributed by atoms with Crippen LogP contribution in [-0.4, -0.2) is 4.98 Å². The van der Waals surface area contributed by atoms with Crippen molar-refractivity contribution in [2.45, 2.75) is 6.92 Å². The van der Waals surface area contributed by atoms with E-state index in [1.54, 1.807) is 12.3 Å². The molecule has 0 fully saturated rings. The van der Waals surface area contributed by atoms with Crippen LogP contribution in [0.15, 0.2) is 34.9 Å². The summed E-state index contributed by atoms with van der Waals surface area (Å²) in [7, 11) is 0. The highest BCUT2D eigenvalue weighted by Gasteiger charge is 2.06. The minimum atomic E-state index is 0.362. The summed E-state index contributed by atoms with van der Waals surface area (Å²) in [4.78, 5) is 4.14. The number of nitrogens with one attached hydrogen (secondary N) is 1. The molecule has 0 aliphatic rings. The van der Waals surface area contributed by atoms with E-state index in [0.717, 1.165) is 15.7 Å². The topological polar surface area (TPSA) is 74.7 Å². The van der Waals surface area contributed by atoms with Crippen LogP contribution in [0.4, 0.5) is 17.2 Å². The Morgan fingerprint density at radius 2 is 2.17 bits per heavy atom. The van der Waals surface area contributed by atoms with Crippen molar-refractivity contribution in [3.8, 4) is 6.07 Å². The second-order valence-electron chi connectivity index (χ2n) is 3.82. The highest BCUT2D eigenvalue weighted by molar-refractivity contribution is 9.10. The summed E-state index contributed by atoms with van der Waals surface area (Å²) in [6, 6.07) is 9.46. The molecule has 0 bridgehead atoms. The number of anilines is 3. The number of pyridine rings is 1. The van der Waals surface area contributed by atoms with E-state index in [0.29, 0.717) is 17.1 Å². The number of aromatic nitrogens is 1. The Labute approximate surface area is 114 Å². The van der Waals surface area contributed by atoms with E-state index in [-0.39, 0.29) is 0 Å². The van der Waals surface area contributed by atoms with Crippen LogP contribution in [-0.2, 0) is 0 Å². The van der Waals surface area contributed by atoms with Crippen molar-refractivity contribution in [2.75, 3.05) is 11.1 Å². The van der Waals surface area contributed by atoms with E-state index in [1.807, 2.05) is 31.2 Å². The number of nitriles is 1. The molecule has 0 spiro atoms. The first-order chi connectivity index (χ1) is 8.61. The Morgan fingerprint density at radius 3 is 2.83 bits per heavy atom. The van der Waals surface area contributed by atoms with E-state index in [9.17, 15) is 0 Å². The predicted octanol–water partition coefficient (Wildman–Crippen LogP) is 3.35. The van der Waals surface area contributed by atoms with Gasteiger partial charge in [0.25, 0.3) is 0 Å². The van der Waals surface area contributed by atoms with Gasteiger partial charge < -0.3 is 11.1 Å². The normalized spacial score (nSPS) is 9.83. The second-order valence-corrected chi connectivity index (χ2v) is 4.68. The minimum absolute atomic E-state index is 0.362. The molecular formula is C13H11BrN4. The van der Waals surface area contributed by atoms with Crippen LogP contribution in [0.3, 0.4) is 0 Å². The number of rotatable bonds is 2. The van der Waals surface area contributed by atoms with Gasteiger partial charge in [-0.1, -0.05) is 15.9 Å². The number of benzene rings is 1. The van der Waals surface area contributed by atoms with Gasteiger partial charge >= 0.3 is 0 Å². The van der Waals surface area contributed by atoms with Gasteiger partial charge in [-0.05, 0) is 36.8 Å². The summed E-state index contributed by atoms with van der Waals surface area (Å²) in [5, 5.41) is 12.0. The molecule has 2 aromatic rings. The van der Waals surface area contributed by atoms with Gasteiger partial charge in [-0.15, -0.1) is 0 Å². The van der Waals surface area contributed by atoms with Gasteiger partial charge in [0.15, 0.2) is 5.82 Å². The number of nitrogen functional groups attached to an aromatic ring is 1. The molecule has 0 saturated carbocycles. The molecular weight excluding hydrogens is 292 g/mol. The summed E-state index contributed by atoms with van der Waals surface area (Å²) in [6.45, 7) is 2.00. The van der Waals surface area contributed by atoms with Crippen molar-refractivity contribution in [2.24, 2.45) is 0 Å². The lowest BCUT2D eigenvalue weighted by molar-refractivity contribution is 1.29. The van der Waals surface area contributed by atoms with E-state index >= 15 is 0 Å². The molecule has 0 radical (unpaired) electrons. The van der Waals surface area contributed by atoms with Crippen molar-refractivity contribution in [3.63, 3.8) is 0 Å². The fraction of sp³-hybridized carbons (Fsp3) is 0.0769. The Hall–Kier alpha value is -2.06. The summed E-state index contributed by atoms with van der Waals surface area (Å²) in [5.41, 5.74) is 8.62. The van der Waals surface area contributed by atoms with Gasteiger partial charge in [0, 0.05) is 16.4 Å². The molecule has 0 atom stereocenters. The molecule has 90 valence electrons. The standard InChI is InChI=1S/C13H11BrN4/c1-8-6-10(2-3-11(8)14)18-13-12(16)9(7-15)4-5-17-13/h2-6H,16H2,1H3,(H,17,18). The van der Waals surface area contributed by atoms with E-state index in [4.69, 9.17) is 11.0 Å². The molecule has 5 heteroatoms. The lowest BCUT2D eigenvalue weighted by Gasteiger charge is -2.10. The summed E-state index contributed by atoms with van der Waals surface area (Å²) >= 11 is 3.44. The molecule has 1 heterocycles. The van der Waals surface area contributed by atoms with Gasteiger partial charge in [0.1, 0.15) is 6.07 Å². The number of hydrogen-bond donors (Lipinski definition) is 2. The average molecular weight is 303 g/mol. The Bertz CT molecular complexity index is 631. The molecule has 3 N–H and O–H groups in total. The van der Waals surface area contributed by atoms with Crippen molar-refractivity contribution >= 4 is 33.1 Å². The lowest BCUT2D eigenvalue weighted by Crippen LogP contribution is -2.01. The van der Waals surface area contributed by atoms with Crippen LogP contribution >= 0.6 is 15.9 Å². The maximum atomic E-state index is 8.90. The van der Waals surface area contributed by atoms with Gasteiger partial charge in [-0.3, -0.25) is 0 Å². The maximum Gasteiger partial charge on any atom is 0.154 e. The zero-order chi connectivity index (χ0) is 13.1. The van der Waals surface area contributed by atoms with Crippen molar-refractivity contribution in [1.82, 2.24) is 4.98 Å². The highest BCUT2D eigenvalue weighted by atomic mass is 79.9. The van der Waals surface area contributed by atoms with Crippen molar-refractivity contribution in [3.05, 3.63) is 46.1 Å². The Kier molecular flexibility index (Phi) is 3.49. The Morgan fingerprint density at radius 1 is 1.39 bits per heavy atom. The van der Waals surface area contributed by atoms with Gasteiger partial charge in [0.05, 0.1) is 11.3 Å². The van der Waals surface area contributed by atoms with Crippen molar-refractivity contribution in [1.29, 1.82) is 5.26 Å². The fourth-order valence-corrected chi connectivity index (χ4v) is 1.78. The quantitative estimate of drug-likeness (QED) is 0.892. The van der Waals surface area contributed by atoms with Crippen LogP contribution < -0.4 is 11.1 Å². The zero-order valence-corrected chi connectivity index (χ0v) is 11.3. The van der Waals surface area contributed by atoms with E-state index in [2.05, 4.69) is 26.2 Å². The zero-order valence-electron chi connectivity index (χ0n) is 9.74. The number of hydrogen-bond acceptors (Lipinski definition) is 4. The smallest absolute Gasteiger partial charge is 0.154 e. The Balaban J connectivity index is 2.35. The molecule has 2 rings (SSSR count). The molecule has 18 heavy (non-hydrogen) atoms. The fourth-order valence-electron chi connectivity index (χ4n) is 1.53. The SMILES string of the molecule is Cc1cc(Nc2nccc(C#N)c2N)ccc1Br. The van der Waals surface area contributed by atoms with Crippen LogP contribution in [0.2, 0.25) is 0 Å². The van der Waals surface area contributed by atoms with E-state index < -0.39 is 0 Å². The van der Waals surface area contributed by atoms with Crippen LogP contribution in [0.5, 0.6) is 0 Å². The summed E-state index contributed by atoms with van der Waals surface area (Å²) < 4.78 is 1.04. The van der Waals surface area contributed by atoms with E-state index in [1.165, 1.54) is 0 Å². The van der Waals surface area contributed by atoms with Crippen molar-refractivity contribution < 1.29 is 0 Å². The molecule has 0 amide bonds. The second kappa shape index (κ2) is 5.07. The molecule has 0 saturated heterocycles. The molecule has 4 nitrogen and oxygen atoms in total. The van der Waals surface area contributed by atoms with Crippen LogP contribution in [0.25, 0.3) is 0 Å². The summed E-state index contributed by atoms with van der Waals surface area (Å²) in [5.74, 6) is 0.496. The first-order valence-corrected chi connectivity index (χ1v) is 6.09. The average Bonchev–Trinajstić information content (AvgIpc) is 2.36. The molecule has 0 unspecified atom stereocenters. The minimum Gasteiger partial charge on any atom is -0.395 e. The number of halogens is 1. The molecule has 1 aromatic carbocycles.